The SMILES string of the molecule is CC(C)(C)Nc1c(-c2ccccc2)oc2ccccc2c1=O. The van der Waals surface area contributed by atoms with Gasteiger partial charge in [-0.05, 0) is 32.9 Å². The lowest BCUT2D eigenvalue weighted by Crippen LogP contribution is -2.30. The summed E-state index contributed by atoms with van der Waals surface area (Å²) in [6.45, 7) is 6.07. The van der Waals surface area contributed by atoms with Crippen molar-refractivity contribution in [3.63, 3.8) is 0 Å². The molecule has 3 heteroatoms. The van der Waals surface area contributed by atoms with E-state index in [1.54, 1.807) is 6.07 Å². The molecule has 0 spiro atoms. The lowest BCUT2D eigenvalue weighted by atomic mass is 10.0. The molecule has 22 heavy (non-hydrogen) atoms. The Hall–Kier alpha value is -2.55. The van der Waals surface area contributed by atoms with Crippen molar-refractivity contribution in [2.75, 3.05) is 5.32 Å². The average Bonchev–Trinajstić information content (AvgIpc) is 2.50. The maximum atomic E-state index is 12.9. The lowest BCUT2D eigenvalue weighted by Gasteiger charge is -2.23. The molecule has 3 rings (SSSR count). The van der Waals surface area contributed by atoms with Crippen LogP contribution in [0.5, 0.6) is 0 Å². The fraction of sp³-hybridized carbons (Fsp3) is 0.211. The van der Waals surface area contributed by atoms with E-state index in [0.29, 0.717) is 22.4 Å². The molecule has 0 aliphatic rings. The number of nitrogens with one attached hydrogen (secondary N) is 1. The molecular weight excluding hydrogens is 274 g/mol. The van der Waals surface area contributed by atoms with Crippen molar-refractivity contribution in [1.29, 1.82) is 0 Å². The van der Waals surface area contributed by atoms with Crippen LogP contribution in [-0.4, -0.2) is 5.54 Å². The normalized spacial score (nSPS) is 11.6. The van der Waals surface area contributed by atoms with Crippen LogP contribution < -0.4 is 10.7 Å². The van der Waals surface area contributed by atoms with Crippen LogP contribution in [-0.2, 0) is 0 Å². The van der Waals surface area contributed by atoms with Gasteiger partial charge in [-0.3, -0.25) is 4.79 Å². The molecule has 0 aliphatic heterocycles. The van der Waals surface area contributed by atoms with Gasteiger partial charge in [-0.1, -0.05) is 42.5 Å². The summed E-state index contributed by atoms with van der Waals surface area (Å²) in [5.74, 6) is 0.583. The Kier molecular flexibility index (Phi) is 3.49. The number of para-hydroxylation sites is 1. The third-order valence-corrected chi connectivity index (χ3v) is 3.33. The summed E-state index contributed by atoms with van der Waals surface area (Å²) >= 11 is 0. The molecule has 3 aromatic rings. The Morgan fingerprint density at radius 1 is 0.909 bits per heavy atom. The van der Waals surface area contributed by atoms with Crippen molar-refractivity contribution in [1.82, 2.24) is 0 Å². The van der Waals surface area contributed by atoms with E-state index in [2.05, 4.69) is 5.32 Å². The fourth-order valence-corrected chi connectivity index (χ4v) is 2.42. The number of anilines is 1. The first-order valence-corrected chi connectivity index (χ1v) is 7.35. The molecular formula is C19H19NO2. The van der Waals surface area contributed by atoms with Crippen LogP contribution in [0.25, 0.3) is 22.3 Å². The fourth-order valence-electron chi connectivity index (χ4n) is 2.42. The average molecular weight is 293 g/mol. The Balaban J connectivity index is 2.33. The van der Waals surface area contributed by atoms with Crippen molar-refractivity contribution < 1.29 is 4.42 Å². The molecule has 0 saturated heterocycles. The first kappa shape index (κ1) is 14.4. The Morgan fingerprint density at radius 3 is 2.23 bits per heavy atom. The zero-order valence-electron chi connectivity index (χ0n) is 13.0. The standard InChI is InChI=1S/C19H19NO2/c1-19(2,3)20-16-17(21)14-11-7-8-12-15(14)22-18(16)13-9-5-4-6-10-13/h4-12,20H,1-3H3. The van der Waals surface area contributed by atoms with Gasteiger partial charge >= 0.3 is 0 Å². The number of hydrogen-bond donors (Lipinski definition) is 1. The highest BCUT2D eigenvalue weighted by molar-refractivity contribution is 5.86. The van der Waals surface area contributed by atoms with E-state index in [4.69, 9.17) is 4.42 Å². The summed E-state index contributed by atoms with van der Waals surface area (Å²) in [7, 11) is 0. The second-order valence-electron chi connectivity index (χ2n) is 6.37. The minimum atomic E-state index is -0.235. The van der Waals surface area contributed by atoms with Crippen LogP contribution in [0.3, 0.4) is 0 Å². The van der Waals surface area contributed by atoms with Gasteiger partial charge in [-0.15, -0.1) is 0 Å². The van der Waals surface area contributed by atoms with Gasteiger partial charge in [0.1, 0.15) is 11.3 Å². The number of rotatable bonds is 2. The third kappa shape index (κ3) is 2.75. The molecule has 0 bridgehead atoms. The van der Waals surface area contributed by atoms with E-state index in [-0.39, 0.29) is 11.0 Å². The largest absolute Gasteiger partial charge is 0.454 e. The molecule has 0 saturated carbocycles. The number of hydrogen-bond acceptors (Lipinski definition) is 3. The second-order valence-corrected chi connectivity index (χ2v) is 6.37. The topological polar surface area (TPSA) is 42.2 Å². The van der Waals surface area contributed by atoms with Crippen molar-refractivity contribution in [2.24, 2.45) is 0 Å². The summed E-state index contributed by atoms with van der Waals surface area (Å²) in [5, 5.41) is 3.89. The Morgan fingerprint density at radius 2 is 1.55 bits per heavy atom. The lowest BCUT2D eigenvalue weighted by molar-refractivity contribution is 0.601. The summed E-state index contributed by atoms with van der Waals surface area (Å²) < 4.78 is 6.04. The molecule has 0 aliphatic carbocycles. The van der Waals surface area contributed by atoms with Crippen LogP contribution >= 0.6 is 0 Å². The zero-order valence-corrected chi connectivity index (χ0v) is 13.0. The predicted octanol–water partition coefficient (Wildman–Crippen LogP) is 4.67. The highest BCUT2D eigenvalue weighted by Gasteiger charge is 2.20. The maximum absolute atomic E-state index is 12.9. The van der Waals surface area contributed by atoms with E-state index in [1.165, 1.54) is 0 Å². The van der Waals surface area contributed by atoms with E-state index in [1.807, 2.05) is 69.3 Å². The summed E-state index contributed by atoms with van der Waals surface area (Å²) in [6, 6.07) is 17.0. The minimum Gasteiger partial charge on any atom is -0.454 e. The molecule has 0 radical (unpaired) electrons. The molecule has 1 heterocycles. The van der Waals surface area contributed by atoms with Gasteiger partial charge in [0.15, 0.2) is 5.76 Å². The van der Waals surface area contributed by atoms with Crippen LogP contribution in [0, 0.1) is 0 Å². The number of fused-ring (bicyclic) bond motifs is 1. The van der Waals surface area contributed by atoms with Crippen molar-refractivity contribution in [3.05, 3.63) is 64.8 Å². The van der Waals surface area contributed by atoms with Crippen molar-refractivity contribution in [3.8, 4) is 11.3 Å². The summed E-state index contributed by atoms with van der Waals surface area (Å²) in [6.07, 6.45) is 0. The van der Waals surface area contributed by atoms with Crippen molar-refractivity contribution in [2.45, 2.75) is 26.3 Å². The molecule has 2 aromatic carbocycles. The van der Waals surface area contributed by atoms with Crippen LogP contribution in [0.4, 0.5) is 5.69 Å². The highest BCUT2D eigenvalue weighted by Crippen LogP contribution is 2.30. The molecule has 0 atom stereocenters. The number of benzene rings is 2. The van der Waals surface area contributed by atoms with Gasteiger partial charge in [0.2, 0.25) is 5.43 Å². The quantitative estimate of drug-likeness (QED) is 0.746. The van der Waals surface area contributed by atoms with Crippen molar-refractivity contribution >= 4 is 16.7 Å². The monoisotopic (exact) mass is 293 g/mol. The van der Waals surface area contributed by atoms with Crippen LogP contribution in [0.1, 0.15) is 20.8 Å². The smallest absolute Gasteiger partial charge is 0.216 e. The van der Waals surface area contributed by atoms with Gasteiger partial charge in [0, 0.05) is 11.1 Å². The maximum Gasteiger partial charge on any atom is 0.216 e. The van der Waals surface area contributed by atoms with Gasteiger partial charge in [-0.25, -0.2) is 0 Å². The van der Waals surface area contributed by atoms with E-state index in [0.717, 1.165) is 5.56 Å². The van der Waals surface area contributed by atoms with E-state index >= 15 is 0 Å². The highest BCUT2D eigenvalue weighted by atomic mass is 16.3. The van der Waals surface area contributed by atoms with E-state index < -0.39 is 0 Å². The van der Waals surface area contributed by atoms with Crippen LogP contribution in [0.2, 0.25) is 0 Å². The van der Waals surface area contributed by atoms with Crippen LogP contribution in [0.15, 0.2) is 63.8 Å². The molecule has 1 N–H and O–H groups in total. The third-order valence-electron chi connectivity index (χ3n) is 3.33. The van der Waals surface area contributed by atoms with Gasteiger partial charge in [0.25, 0.3) is 0 Å². The predicted molar refractivity (Wildman–Crippen MR) is 91.3 cm³/mol. The van der Waals surface area contributed by atoms with E-state index in [9.17, 15) is 4.79 Å². The summed E-state index contributed by atoms with van der Waals surface area (Å²) in [4.78, 5) is 12.9. The minimum absolute atomic E-state index is 0.0318. The zero-order chi connectivity index (χ0) is 15.7. The molecule has 0 fully saturated rings. The van der Waals surface area contributed by atoms with Gasteiger partial charge in [-0.2, -0.15) is 0 Å². The molecule has 3 nitrogen and oxygen atoms in total. The molecule has 0 unspecified atom stereocenters. The first-order valence-electron chi connectivity index (χ1n) is 7.35. The summed E-state index contributed by atoms with van der Waals surface area (Å²) in [5.41, 5.74) is 1.73. The Bertz CT molecular complexity index is 858. The molecule has 112 valence electrons. The second kappa shape index (κ2) is 5.34. The molecule has 1 aromatic heterocycles. The molecule has 0 amide bonds. The first-order chi connectivity index (χ1) is 10.5. The Labute approximate surface area is 129 Å². The van der Waals surface area contributed by atoms with Gasteiger partial charge in [0.05, 0.1) is 5.39 Å². The van der Waals surface area contributed by atoms with Gasteiger partial charge < -0.3 is 9.73 Å².